The van der Waals surface area contributed by atoms with Gasteiger partial charge in [0.15, 0.2) is 0 Å². The van der Waals surface area contributed by atoms with Crippen molar-refractivity contribution in [1.82, 2.24) is 20.5 Å². The van der Waals surface area contributed by atoms with E-state index in [1.807, 2.05) is 18.2 Å². The summed E-state index contributed by atoms with van der Waals surface area (Å²) < 4.78 is 0. The highest BCUT2D eigenvalue weighted by molar-refractivity contribution is 5.96. The summed E-state index contributed by atoms with van der Waals surface area (Å²) in [7, 11) is 0. The van der Waals surface area contributed by atoms with Crippen LogP contribution in [-0.4, -0.2) is 86.4 Å². The summed E-state index contributed by atoms with van der Waals surface area (Å²) in [6, 6.07) is 2.13. The Hall–Kier alpha value is -4.46. The largest absolute Gasteiger partial charge is 0.481 e. The number of nitrogens with two attached hydrogens (primary N) is 2. The van der Waals surface area contributed by atoms with Crippen LogP contribution in [0.1, 0.15) is 37.7 Å². The Morgan fingerprint density at radius 1 is 1.05 bits per heavy atom. The van der Waals surface area contributed by atoms with Gasteiger partial charge in [-0.05, 0) is 30.9 Å². The number of H-pyrrole nitrogens is 1. The average Bonchev–Trinajstić information content (AvgIpc) is 3.53. The van der Waals surface area contributed by atoms with Crippen LogP contribution in [0, 0.1) is 0 Å². The summed E-state index contributed by atoms with van der Waals surface area (Å²) in [5.74, 6) is -5.72. The third-order valence-electron chi connectivity index (χ3n) is 6.58. The predicted molar refractivity (Wildman–Crippen MR) is 137 cm³/mol. The Kier molecular flexibility index (Phi) is 9.60. The van der Waals surface area contributed by atoms with Gasteiger partial charge in [-0.15, -0.1) is 0 Å². The molecule has 2 aromatic rings. The van der Waals surface area contributed by atoms with Crippen LogP contribution in [0.2, 0.25) is 0 Å². The summed E-state index contributed by atoms with van der Waals surface area (Å²) in [4.78, 5) is 77.7. The fraction of sp³-hybridized carbons (Fsp3) is 0.440. The topological polar surface area (TPSA) is 238 Å². The van der Waals surface area contributed by atoms with Gasteiger partial charge in [0.25, 0.3) is 0 Å². The smallest absolute Gasteiger partial charge is 0.326 e. The van der Waals surface area contributed by atoms with Crippen molar-refractivity contribution in [3.8, 4) is 0 Å². The fourth-order valence-corrected chi connectivity index (χ4v) is 4.57. The fourth-order valence-electron chi connectivity index (χ4n) is 4.57. The highest BCUT2D eigenvalue weighted by atomic mass is 16.4. The second kappa shape index (κ2) is 12.9. The third kappa shape index (κ3) is 7.54. The lowest BCUT2D eigenvalue weighted by atomic mass is 10.0. The van der Waals surface area contributed by atoms with E-state index in [1.165, 1.54) is 4.90 Å². The lowest BCUT2D eigenvalue weighted by Crippen LogP contribution is -2.58. The highest BCUT2D eigenvalue weighted by Gasteiger charge is 2.39. The van der Waals surface area contributed by atoms with E-state index < -0.39 is 66.2 Å². The average molecular weight is 545 g/mol. The van der Waals surface area contributed by atoms with Crippen molar-refractivity contribution in [3.63, 3.8) is 0 Å². The van der Waals surface area contributed by atoms with E-state index >= 15 is 0 Å². The lowest BCUT2D eigenvalue weighted by molar-refractivity contribution is -0.149. The van der Waals surface area contributed by atoms with Gasteiger partial charge >= 0.3 is 11.9 Å². The molecule has 0 radical (unpaired) electrons. The van der Waals surface area contributed by atoms with Crippen LogP contribution in [0.5, 0.6) is 0 Å². The van der Waals surface area contributed by atoms with Crippen LogP contribution in [0.4, 0.5) is 0 Å². The first-order chi connectivity index (χ1) is 18.5. The number of carboxylic acids is 2. The van der Waals surface area contributed by atoms with Crippen molar-refractivity contribution in [2.75, 3.05) is 6.54 Å². The van der Waals surface area contributed by atoms with E-state index in [4.69, 9.17) is 11.5 Å². The van der Waals surface area contributed by atoms with Gasteiger partial charge in [-0.2, -0.15) is 0 Å². The summed E-state index contributed by atoms with van der Waals surface area (Å²) in [6.45, 7) is 0.181. The van der Waals surface area contributed by atoms with Gasteiger partial charge in [-0.3, -0.25) is 24.0 Å². The molecule has 39 heavy (non-hydrogen) atoms. The molecule has 0 saturated carbocycles. The summed E-state index contributed by atoms with van der Waals surface area (Å²) >= 11 is 0. The number of fused-ring (bicyclic) bond motifs is 1. The molecule has 4 unspecified atom stereocenters. The summed E-state index contributed by atoms with van der Waals surface area (Å²) in [5, 5.41) is 24.5. The Morgan fingerprint density at radius 3 is 2.41 bits per heavy atom. The molecule has 14 nitrogen and oxygen atoms in total. The molecule has 9 N–H and O–H groups in total. The number of likely N-dealkylation sites (tertiary alicyclic amines) is 1. The molecule has 1 aliphatic heterocycles. The Morgan fingerprint density at radius 2 is 1.74 bits per heavy atom. The zero-order valence-electron chi connectivity index (χ0n) is 21.1. The number of para-hydroxylation sites is 1. The minimum Gasteiger partial charge on any atom is -0.481 e. The second-order valence-electron chi connectivity index (χ2n) is 9.42. The second-order valence-corrected chi connectivity index (χ2v) is 9.42. The van der Waals surface area contributed by atoms with E-state index in [9.17, 15) is 39.0 Å². The van der Waals surface area contributed by atoms with Gasteiger partial charge in [0.1, 0.15) is 18.1 Å². The number of nitrogens with zero attached hydrogens (tertiary/aromatic N) is 1. The van der Waals surface area contributed by atoms with Crippen LogP contribution in [0.25, 0.3) is 10.9 Å². The Bertz CT molecular complexity index is 1260. The van der Waals surface area contributed by atoms with E-state index in [0.29, 0.717) is 12.0 Å². The molecular weight excluding hydrogens is 512 g/mol. The molecule has 1 aromatic heterocycles. The monoisotopic (exact) mass is 544 g/mol. The van der Waals surface area contributed by atoms with Crippen LogP contribution in [0.15, 0.2) is 30.5 Å². The number of carboxylic acid groups (broad SMARTS) is 2. The molecule has 0 spiro atoms. The zero-order valence-corrected chi connectivity index (χ0v) is 21.1. The van der Waals surface area contributed by atoms with Crippen LogP contribution in [-0.2, 0) is 35.2 Å². The number of amides is 4. The van der Waals surface area contributed by atoms with Crippen molar-refractivity contribution < 1.29 is 39.0 Å². The van der Waals surface area contributed by atoms with Gasteiger partial charge in [0.05, 0.1) is 12.5 Å². The number of hydrogen-bond acceptors (Lipinski definition) is 7. The SMILES string of the molecule is NC(=O)CCC(N)C(=O)NC(CC(=O)O)C(=O)NC(Cc1c[nH]c2ccccc12)C(=O)N1CCCC1C(=O)O. The van der Waals surface area contributed by atoms with Crippen molar-refractivity contribution in [1.29, 1.82) is 0 Å². The van der Waals surface area contributed by atoms with Crippen LogP contribution >= 0.6 is 0 Å². The lowest BCUT2D eigenvalue weighted by Gasteiger charge is -2.28. The van der Waals surface area contributed by atoms with Crippen molar-refractivity contribution in [2.45, 2.75) is 62.7 Å². The maximum absolute atomic E-state index is 13.6. The van der Waals surface area contributed by atoms with Crippen LogP contribution < -0.4 is 22.1 Å². The highest BCUT2D eigenvalue weighted by Crippen LogP contribution is 2.23. The molecule has 4 amide bonds. The number of primary amides is 1. The molecular formula is C25H32N6O8. The van der Waals surface area contributed by atoms with Crippen molar-refractivity contribution in [2.24, 2.45) is 11.5 Å². The normalized spacial score (nSPS) is 17.3. The first-order valence-electron chi connectivity index (χ1n) is 12.4. The number of rotatable bonds is 13. The van der Waals surface area contributed by atoms with Gasteiger partial charge in [0.2, 0.25) is 23.6 Å². The zero-order chi connectivity index (χ0) is 28.7. The molecule has 2 heterocycles. The molecule has 1 aliphatic rings. The standard InChI is InChI=1S/C25H32N6O8/c26-15(7-8-20(27)32)22(35)29-17(11-21(33)34)23(36)30-18(24(37)31-9-3-6-19(31)25(38)39)10-13-12-28-16-5-2-1-4-14(13)16/h1-2,4-5,12,15,17-19,28H,3,6-11,26H2,(H2,27,32)(H,29,35)(H,30,36)(H,33,34)(H,38,39). The molecule has 1 saturated heterocycles. The quantitative estimate of drug-likeness (QED) is 0.160. The molecule has 3 rings (SSSR count). The number of nitrogens with one attached hydrogen (secondary N) is 3. The number of hydrogen-bond donors (Lipinski definition) is 7. The minimum absolute atomic E-state index is 0.0245. The summed E-state index contributed by atoms with van der Waals surface area (Å²) in [5.41, 5.74) is 12.3. The Labute approximate surface area is 223 Å². The van der Waals surface area contributed by atoms with E-state index in [1.54, 1.807) is 12.3 Å². The third-order valence-corrected chi connectivity index (χ3v) is 6.58. The molecule has 0 aliphatic carbocycles. The van der Waals surface area contributed by atoms with E-state index in [2.05, 4.69) is 15.6 Å². The van der Waals surface area contributed by atoms with Gasteiger partial charge in [-0.1, -0.05) is 18.2 Å². The first kappa shape index (κ1) is 29.1. The maximum atomic E-state index is 13.6. The van der Waals surface area contributed by atoms with Gasteiger partial charge in [0, 0.05) is 36.5 Å². The van der Waals surface area contributed by atoms with E-state index in [-0.39, 0.29) is 32.2 Å². The molecule has 14 heteroatoms. The summed E-state index contributed by atoms with van der Waals surface area (Å²) in [6.07, 6.45) is 1.26. The molecule has 1 fully saturated rings. The molecule has 4 atom stereocenters. The van der Waals surface area contributed by atoms with Gasteiger partial charge < -0.3 is 42.2 Å². The number of carbonyl (C=O) groups is 6. The molecule has 0 bridgehead atoms. The van der Waals surface area contributed by atoms with Crippen molar-refractivity contribution in [3.05, 3.63) is 36.0 Å². The number of carbonyl (C=O) groups excluding carboxylic acids is 4. The maximum Gasteiger partial charge on any atom is 0.326 e. The first-order valence-corrected chi connectivity index (χ1v) is 12.4. The number of aromatic nitrogens is 1. The number of aromatic amines is 1. The van der Waals surface area contributed by atoms with Crippen LogP contribution in [0.3, 0.4) is 0 Å². The number of aliphatic carboxylic acids is 2. The number of benzene rings is 1. The molecule has 1 aromatic carbocycles. The minimum atomic E-state index is -1.60. The van der Waals surface area contributed by atoms with Crippen molar-refractivity contribution >= 4 is 46.5 Å². The van der Waals surface area contributed by atoms with E-state index in [0.717, 1.165) is 10.9 Å². The molecule has 210 valence electrons. The van der Waals surface area contributed by atoms with Gasteiger partial charge in [-0.25, -0.2) is 4.79 Å². The predicted octanol–water partition coefficient (Wildman–Crippen LogP) is -1.18. The Balaban J connectivity index is 1.85.